The van der Waals surface area contributed by atoms with Gasteiger partial charge in [0.1, 0.15) is 13.2 Å². The Hall–Kier alpha value is -2.05. The molecule has 0 radical (unpaired) electrons. The first-order valence-corrected chi connectivity index (χ1v) is 5.41. The Bertz CT molecular complexity index is 522. The van der Waals surface area contributed by atoms with Crippen molar-refractivity contribution in [2.45, 2.75) is 12.6 Å². The largest absolute Gasteiger partial charge is 0.486 e. The van der Waals surface area contributed by atoms with Crippen molar-refractivity contribution < 1.29 is 32.2 Å². The number of fused-ring (bicyclic) bond motifs is 1. The summed E-state index contributed by atoms with van der Waals surface area (Å²) >= 11 is 0. The number of ketones is 2. The quantitative estimate of drug-likeness (QED) is 0.626. The van der Waals surface area contributed by atoms with Crippen LogP contribution in [0.5, 0.6) is 11.5 Å². The van der Waals surface area contributed by atoms with Gasteiger partial charge in [-0.05, 0) is 18.2 Å². The molecule has 2 rings (SSSR count). The van der Waals surface area contributed by atoms with Crippen LogP contribution in [0.2, 0.25) is 0 Å². The molecular formula is C12H9F3O4. The Kier molecular flexibility index (Phi) is 3.46. The summed E-state index contributed by atoms with van der Waals surface area (Å²) in [5.74, 6) is -2.26. The third-order valence-electron chi connectivity index (χ3n) is 2.50. The minimum Gasteiger partial charge on any atom is -0.486 e. The number of ether oxygens (including phenoxy) is 2. The number of hydrogen-bond donors (Lipinski definition) is 0. The summed E-state index contributed by atoms with van der Waals surface area (Å²) in [6.45, 7) is 0.666. The molecule has 1 heterocycles. The molecule has 4 nitrogen and oxygen atoms in total. The van der Waals surface area contributed by atoms with Crippen molar-refractivity contribution in [2.24, 2.45) is 0 Å². The van der Waals surface area contributed by atoms with Gasteiger partial charge in [-0.2, -0.15) is 13.2 Å². The van der Waals surface area contributed by atoms with Crippen molar-refractivity contribution in [3.8, 4) is 11.5 Å². The number of Topliss-reactive ketones (excluding diaryl/α,β-unsaturated/α-hetero) is 2. The van der Waals surface area contributed by atoms with Gasteiger partial charge < -0.3 is 9.47 Å². The number of carbonyl (C=O) groups excluding carboxylic acids is 2. The van der Waals surface area contributed by atoms with Crippen LogP contribution in [0.4, 0.5) is 13.2 Å². The van der Waals surface area contributed by atoms with Crippen molar-refractivity contribution in [1.82, 2.24) is 0 Å². The summed E-state index contributed by atoms with van der Waals surface area (Å²) in [4.78, 5) is 22.3. The molecular weight excluding hydrogens is 265 g/mol. The summed E-state index contributed by atoms with van der Waals surface area (Å²) in [5.41, 5.74) is -0.0122. The number of carbonyl (C=O) groups is 2. The molecule has 0 aliphatic carbocycles. The third-order valence-corrected chi connectivity index (χ3v) is 2.50. The van der Waals surface area contributed by atoms with E-state index in [-0.39, 0.29) is 11.3 Å². The zero-order chi connectivity index (χ0) is 14.0. The summed E-state index contributed by atoms with van der Waals surface area (Å²) < 4.78 is 46.6. The molecule has 0 unspecified atom stereocenters. The van der Waals surface area contributed by atoms with Gasteiger partial charge in [0, 0.05) is 5.56 Å². The van der Waals surface area contributed by atoms with E-state index in [1.807, 2.05) is 0 Å². The second kappa shape index (κ2) is 4.91. The van der Waals surface area contributed by atoms with E-state index in [0.717, 1.165) is 0 Å². The molecule has 0 fully saturated rings. The van der Waals surface area contributed by atoms with Crippen LogP contribution in [0.1, 0.15) is 16.8 Å². The number of alkyl halides is 3. The van der Waals surface area contributed by atoms with E-state index >= 15 is 0 Å². The Balaban J connectivity index is 2.14. The highest BCUT2D eigenvalue weighted by atomic mass is 19.4. The third kappa shape index (κ3) is 3.04. The van der Waals surface area contributed by atoms with Crippen LogP contribution >= 0.6 is 0 Å². The van der Waals surface area contributed by atoms with E-state index in [9.17, 15) is 22.8 Å². The van der Waals surface area contributed by atoms with Gasteiger partial charge in [-0.25, -0.2) is 0 Å². The predicted molar refractivity (Wildman–Crippen MR) is 57.4 cm³/mol. The number of benzene rings is 1. The summed E-state index contributed by atoms with van der Waals surface area (Å²) in [6.07, 6.45) is -6.20. The number of rotatable bonds is 3. The maximum Gasteiger partial charge on any atom is 0.450 e. The second-order valence-corrected chi connectivity index (χ2v) is 3.88. The highest BCUT2D eigenvalue weighted by Crippen LogP contribution is 2.31. The second-order valence-electron chi connectivity index (χ2n) is 3.88. The molecule has 0 bridgehead atoms. The normalized spacial score (nSPS) is 14.1. The zero-order valence-electron chi connectivity index (χ0n) is 9.62. The topological polar surface area (TPSA) is 52.6 Å². The maximum atomic E-state index is 12.1. The fourth-order valence-electron chi connectivity index (χ4n) is 1.56. The van der Waals surface area contributed by atoms with Gasteiger partial charge >= 0.3 is 6.18 Å². The fourth-order valence-corrected chi connectivity index (χ4v) is 1.56. The van der Waals surface area contributed by atoms with E-state index in [1.54, 1.807) is 0 Å². The van der Waals surface area contributed by atoms with Crippen molar-refractivity contribution in [3.05, 3.63) is 23.8 Å². The van der Waals surface area contributed by atoms with E-state index in [0.29, 0.717) is 19.0 Å². The number of hydrogen-bond acceptors (Lipinski definition) is 4. The van der Waals surface area contributed by atoms with Crippen LogP contribution in [0.25, 0.3) is 0 Å². The first kappa shape index (κ1) is 13.4. The molecule has 0 atom stereocenters. The van der Waals surface area contributed by atoms with Gasteiger partial charge in [-0.1, -0.05) is 0 Å². The smallest absolute Gasteiger partial charge is 0.450 e. The minimum atomic E-state index is -5.00. The lowest BCUT2D eigenvalue weighted by Crippen LogP contribution is -2.25. The summed E-state index contributed by atoms with van der Waals surface area (Å²) in [5, 5.41) is 0. The molecule has 0 saturated heterocycles. The Morgan fingerprint density at radius 2 is 1.74 bits per heavy atom. The molecule has 1 aromatic rings. The van der Waals surface area contributed by atoms with Crippen LogP contribution in [-0.2, 0) is 4.79 Å². The molecule has 1 aliphatic rings. The predicted octanol–water partition coefficient (Wildman–Crippen LogP) is 2.16. The minimum absolute atomic E-state index is 0.0122. The van der Waals surface area contributed by atoms with Crippen molar-refractivity contribution in [3.63, 3.8) is 0 Å². The van der Waals surface area contributed by atoms with Crippen LogP contribution < -0.4 is 9.47 Å². The highest BCUT2D eigenvalue weighted by Gasteiger charge is 2.39. The lowest BCUT2D eigenvalue weighted by atomic mass is 10.1. The molecule has 0 spiro atoms. The van der Waals surface area contributed by atoms with Gasteiger partial charge in [0.25, 0.3) is 0 Å². The molecule has 1 aromatic carbocycles. The zero-order valence-corrected chi connectivity index (χ0v) is 9.62. The SMILES string of the molecule is O=C(CC(=O)C(F)(F)F)c1ccc2c(c1)OCCO2. The van der Waals surface area contributed by atoms with Crippen molar-refractivity contribution >= 4 is 11.6 Å². The monoisotopic (exact) mass is 274 g/mol. The van der Waals surface area contributed by atoms with Crippen LogP contribution in [0.15, 0.2) is 18.2 Å². The first-order valence-electron chi connectivity index (χ1n) is 5.41. The van der Waals surface area contributed by atoms with Crippen molar-refractivity contribution in [1.29, 1.82) is 0 Å². The highest BCUT2D eigenvalue weighted by molar-refractivity contribution is 6.09. The lowest BCUT2D eigenvalue weighted by Gasteiger charge is -2.18. The van der Waals surface area contributed by atoms with E-state index in [2.05, 4.69) is 0 Å². The van der Waals surface area contributed by atoms with E-state index in [1.165, 1.54) is 18.2 Å². The molecule has 0 aromatic heterocycles. The van der Waals surface area contributed by atoms with Gasteiger partial charge in [-0.15, -0.1) is 0 Å². The fraction of sp³-hybridized carbons (Fsp3) is 0.333. The average Bonchev–Trinajstić information content (AvgIpc) is 2.37. The standard InChI is InChI=1S/C12H9F3O4/c13-12(14,15)11(17)6-8(16)7-1-2-9-10(5-7)19-4-3-18-9/h1-2,5H,3-4,6H2. The van der Waals surface area contributed by atoms with Crippen molar-refractivity contribution in [2.75, 3.05) is 13.2 Å². The molecule has 0 N–H and O–H groups in total. The molecule has 7 heteroatoms. The Morgan fingerprint density at radius 1 is 1.11 bits per heavy atom. The lowest BCUT2D eigenvalue weighted by molar-refractivity contribution is -0.170. The molecule has 19 heavy (non-hydrogen) atoms. The van der Waals surface area contributed by atoms with Gasteiger partial charge in [-0.3, -0.25) is 9.59 Å². The van der Waals surface area contributed by atoms with Crippen LogP contribution in [-0.4, -0.2) is 31.0 Å². The van der Waals surface area contributed by atoms with Gasteiger partial charge in [0.05, 0.1) is 6.42 Å². The van der Waals surface area contributed by atoms with E-state index in [4.69, 9.17) is 9.47 Å². The Labute approximate surface area is 106 Å². The molecule has 102 valence electrons. The van der Waals surface area contributed by atoms with E-state index < -0.39 is 24.2 Å². The van der Waals surface area contributed by atoms with Gasteiger partial charge in [0.2, 0.25) is 5.78 Å². The Morgan fingerprint density at radius 3 is 2.37 bits per heavy atom. The van der Waals surface area contributed by atoms with Crippen LogP contribution in [0.3, 0.4) is 0 Å². The molecule has 0 saturated carbocycles. The average molecular weight is 274 g/mol. The maximum absolute atomic E-state index is 12.1. The first-order chi connectivity index (χ1) is 8.88. The molecule has 1 aliphatic heterocycles. The van der Waals surface area contributed by atoms with Gasteiger partial charge in [0.15, 0.2) is 17.3 Å². The summed E-state index contributed by atoms with van der Waals surface area (Å²) in [7, 11) is 0. The summed E-state index contributed by atoms with van der Waals surface area (Å²) in [6, 6.07) is 4.01. The molecule has 0 amide bonds. The van der Waals surface area contributed by atoms with Crippen LogP contribution in [0, 0.1) is 0 Å². The number of halogens is 3.